The Morgan fingerprint density at radius 3 is 2.53 bits per heavy atom. The van der Waals surface area contributed by atoms with Gasteiger partial charge in [0.2, 0.25) is 5.43 Å². The van der Waals surface area contributed by atoms with E-state index in [9.17, 15) is 23.9 Å². The summed E-state index contributed by atoms with van der Waals surface area (Å²) in [5.41, 5.74) is -1.41. The van der Waals surface area contributed by atoms with Gasteiger partial charge in [0.15, 0.2) is 16.5 Å². The Morgan fingerprint density at radius 2 is 1.87 bits per heavy atom. The van der Waals surface area contributed by atoms with Crippen LogP contribution in [0.4, 0.5) is 4.39 Å². The fraction of sp³-hybridized carbons (Fsp3) is 0.423. The van der Waals surface area contributed by atoms with E-state index in [4.69, 9.17) is 4.74 Å². The molecule has 0 radical (unpaired) electrons. The van der Waals surface area contributed by atoms with Gasteiger partial charge < -0.3 is 24.2 Å². The molecule has 10 nitrogen and oxygen atoms in total. The predicted octanol–water partition coefficient (Wildman–Crippen LogP) is 2.24. The second-order valence-corrected chi connectivity index (χ2v) is 11.0. The van der Waals surface area contributed by atoms with E-state index >= 15 is 0 Å². The lowest BCUT2D eigenvalue weighted by Crippen LogP contribution is -2.62. The van der Waals surface area contributed by atoms with Crippen LogP contribution >= 0.6 is 11.3 Å². The number of nitrogens with zero attached hydrogens (tertiary/aromatic N) is 5. The molecule has 4 heterocycles. The van der Waals surface area contributed by atoms with E-state index in [1.807, 2.05) is 13.8 Å². The second kappa shape index (κ2) is 9.91. The minimum atomic E-state index is -1.29. The van der Waals surface area contributed by atoms with Crippen LogP contribution in [0.1, 0.15) is 41.8 Å². The van der Waals surface area contributed by atoms with Crippen molar-refractivity contribution in [3.05, 3.63) is 62.8 Å². The summed E-state index contributed by atoms with van der Waals surface area (Å²) in [7, 11) is 0. The van der Waals surface area contributed by atoms with E-state index in [2.05, 4.69) is 10.2 Å². The van der Waals surface area contributed by atoms with Crippen LogP contribution in [0.15, 0.2) is 35.3 Å². The van der Waals surface area contributed by atoms with E-state index in [0.29, 0.717) is 37.7 Å². The van der Waals surface area contributed by atoms with Gasteiger partial charge in [-0.25, -0.2) is 4.39 Å². The zero-order valence-corrected chi connectivity index (χ0v) is 22.1. The Morgan fingerprint density at radius 1 is 1.18 bits per heavy atom. The standard InChI is InChI=1S/C26H28FN5O5S/c1-15(2)31-14-26(3,25(36)30-8-10-37-11-9-30)32-13-18(21(33)22(34)20(32)24(31)35)23-29-28-19(38-23)12-16-4-6-17(27)7-5-16/h4-7,13,15,34H,8-12,14H2,1-3H3/t26-/m1/s1. The molecule has 1 N–H and O–H groups in total. The Hall–Kier alpha value is -3.64. The van der Waals surface area contributed by atoms with Crippen LogP contribution in [0.25, 0.3) is 10.6 Å². The van der Waals surface area contributed by atoms with Crippen LogP contribution in [0.3, 0.4) is 0 Å². The highest BCUT2D eigenvalue weighted by molar-refractivity contribution is 7.14. The lowest BCUT2D eigenvalue weighted by molar-refractivity contribution is -0.145. The third-order valence-electron chi connectivity index (χ3n) is 7.00. The van der Waals surface area contributed by atoms with Crippen molar-refractivity contribution in [1.29, 1.82) is 0 Å². The highest BCUT2D eigenvalue weighted by Gasteiger charge is 2.49. The quantitative estimate of drug-likeness (QED) is 0.526. The number of ether oxygens (including phenoxy) is 1. The number of carbonyl (C=O) groups is 2. The summed E-state index contributed by atoms with van der Waals surface area (Å²) in [5, 5.41) is 20.2. The fourth-order valence-electron chi connectivity index (χ4n) is 4.87. The van der Waals surface area contributed by atoms with Gasteiger partial charge in [0.25, 0.3) is 11.8 Å². The Kier molecular flexibility index (Phi) is 6.78. The van der Waals surface area contributed by atoms with Crippen LogP contribution in [-0.2, 0) is 21.5 Å². The number of benzene rings is 1. The number of amides is 2. The molecule has 12 heteroatoms. The number of fused-ring (bicyclic) bond motifs is 1. The molecule has 2 aliphatic heterocycles. The maximum Gasteiger partial charge on any atom is 0.274 e. The van der Waals surface area contributed by atoms with Crippen molar-refractivity contribution >= 4 is 23.2 Å². The second-order valence-electron chi connectivity index (χ2n) is 9.95. The number of rotatable bonds is 5. The number of hydrogen-bond acceptors (Lipinski definition) is 8. The number of morpholine rings is 1. The topological polar surface area (TPSA) is 118 Å². The SMILES string of the molecule is CC(C)N1C[C@](C)(C(=O)N2CCOCC2)n2cc(-c3nnc(Cc4ccc(F)cc4)s3)c(=O)c(O)c2C1=O. The van der Waals surface area contributed by atoms with Crippen molar-refractivity contribution in [3.63, 3.8) is 0 Å². The summed E-state index contributed by atoms with van der Waals surface area (Å²) in [5.74, 6) is -1.83. The number of carbonyl (C=O) groups excluding carboxylic acids is 2. The molecule has 0 saturated carbocycles. The Labute approximate surface area is 222 Å². The van der Waals surface area contributed by atoms with Gasteiger partial charge in [-0.3, -0.25) is 14.4 Å². The number of halogens is 1. The van der Waals surface area contributed by atoms with Crippen molar-refractivity contribution in [2.24, 2.45) is 0 Å². The molecule has 1 saturated heterocycles. The molecule has 2 aliphatic rings. The van der Waals surface area contributed by atoms with Gasteiger partial charge >= 0.3 is 0 Å². The normalized spacial score (nSPS) is 19.7. The van der Waals surface area contributed by atoms with Gasteiger partial charge in [-0.15, -0.1) is 10.2 Å². The molecule has 0 bridgehead atoms. The molecule has 2 aromatic heterocycles. The van der Waals surface area contributed by atoms with Gasteiger partial charge in [-0.1, -0.05) is 23.5 Å². The molecule has 2 amide bonds. The first kappa shape index (κ1) is 26.0. The molecule has 5 rings (SSSR count). The number of aromatic hydroxyl groups is 1. The first-order valence-electron chi connectivity index (χ1n) is 12.3. The molecular formula is C26H28FN5O5S. The fourth-order valence-corrected chi connectivity index (χ4v) is 5.75. The highest BCUT2D eigenvalue weighted by Crippen LogP contribution is 2.35. The molecule has 38 heavy (non-hydrogen) atoms. The number of aromatic nitrogens is 3. The third kappa shape index (κ3) is 4.47. The molecule has 200 valence electrons. The van der Waals surface area contributed by atoms with E-state index in [0.717, 1.165) is 16.9 Å². The van der Waals surface area contributed by atoms with Gasteiger partial charge in [0, 0.05) is 31.7 Å². The maximum atomic E-state index is 13.9. The van der Waals surface area contributed by atoms with E-state index < -0.39 is 22.6 Å². The lowest BCUT2D eigenvalue weighted by Gasteiger charge is -2.46. The largest absolute Gasteiger partial charge is 0.503 e. The summed E-state index contributed by atoms with van der Waals surface area (Å²) in [6.07, 6.45) is 1.82. The summed E-state index contributed by atoms with van der Waals surface area (Å²) < 4.78 is 20.1. The van der Waals surface area contributed by atoms with Crippen molar-refractivity contribution in [3.8, 4) is 16.3 Å². The molecular weight excluding hydrogens is 513 g/mol. The van der Waals surface area contributed by atoms with Crippen molar-refractivity contribution in [1.82, 2.24) is 24.6 Å². The molecule has 0 unspecified atom stereocenters. The summed E-state index contributed by atoms with van der Waals surface area (Å²) in [4.78, 5) is 43.8. The minimum absolute atomic E-state index is 0.0425. The van der Waals surface area contributed by atoms with Crippen molar-refractivity contribution in [2.75, 3.05) is 32.8 Å². The summed E-state index contributed by atoms with van der Waals surface area (Å²) >= 11 is 1.15. The van der Waals surface area contributed by atoms with Gasteiger partial charge in [-0.05, 0) is 38.5 Å². The summed E-state index contributed by atoms with van der Waals surface area (Å²) in [6.45, 7) is 7.04. The minimum Gasteiger partial charge on any atom is -0.503 e. The third-order valence-corrected chi connectivity index (χ3v) is 7.96. The number of hydrogen-bond donors (Lipinski definition) is 1. The first-order valence-corrected chi connectivity index (χ1v) is 13.2. The number of pyridine rings is 1. The zero-order valence-electron chi connectivity index (χ0n) is 21.3. The predicted molar refractivity (Wildman–Crippen MR) is 138 cm³/mol. The van der Waals surface area contributed by atoms with Crippen LogP contribution in [-0.4, -0.2) is 80.4 Å². The van der Waals surface area contributed by atoms with Crippen molar-refractivity contribution < 1.29 is 23.8 Å². The highest BCUT2D eigenvalue weighted by atomic mass is 32.1. The molecule has 3 aromatic rings. The Bertz CT molecular complexity index is 1450. The molecule has 1 fully saturated rings. The van der Waals surface area contributed by atoms with Gasteiger partial charge in [0.05, 0.1) is 25.3 Å². The average molecular weight is 542 g/mol. The summed E-state index contributed by atoms with van der Waals surface area (Å²) in [6, 6.07) is 5.74. The first-order chi connectivity index (χ1) is 18.1. The van der Waals surface area contributed by atoms with Crippen molar-refractivity contribution in [2.45, 2.75) is 38.8 Å². The van der Waals surface area contributed by atoms with E-state index in [1.54, 1.807) is 24.0 Å². The van der Waals surface area contributed by atoms with Crippen LogP contribution in [0.5, 0.6) is 5.75 Å². The average Bonchev–Trinajstić information content (AvgIpc) is 3.37. The zero-order chi connectivity index (χ0) is 27.2. The molecule has 1 aromatic carbocycles. The smallest absolute Gasteiger partial charge is 0.274 e. The van der Waals surface area contributed by atoms with Crippen LogP contribution < -0.4 is 5.43 Å². The lowest BCUT2D eigenvalue weighted by atomic mass is 9.92. The molecule has 0 aliphatic carbocycles. The molecule has 0 spiro atoms. The van der Waals surface area contributed by atoms with Gasteiger partial charge in [-0.2, -0.15) is 0 Å². The monoisotopic (exact) mass is 541 g/mol. The van der Waals surface area contributed by atoms with Crippen LogP contribution in [0.2, 0.25) is 0 Å². The van der Waals surface area contributed by atoms with E-state index in [-0.39, 0.29) is 40.6 Å². The van der Waals surface area contributed by atoms with Crippen LogP contribution in [0, 0.1) is 5.82 Å². The van der Waals surface area contributed by atoms with E-state index in [1.165, 1.54) is 27.8 Å². The Balaban J connectivity index is 1.60. The van der Waals surface area contributed by atoms with Gasteiger partial charge in [0.1, 0.15) is 16.4 Å². The molecule has 1 atom stereocenters. The maximum absolute atomic E-state index is 13.9.